The molecule has 0 saturated heterocycles. The van der Waals surface area contributed by atoms with Gasteiger partial charge in [-0.1, -0.05) is 25.5 Å². The third-order valence-electron chi connectivity index (χ3n) is 3.46. The normalized spacial score (nSPS) is 41.8. The molecule has 0 heterocycles. The molecule has 0 aliphatic heterocycles. The second-order valence-electron chi connectivity index (χ2n) is 4.64. The quantitative estimate of drug-likeness (QED) is 0.503. The molecule has 3 unspecified atom stereocenters. The molecule has 2 rings (SSSR count). The Morgan fingerprint density at radius 2 is 2.09 bits per heavy atom. The molecule has 1 fully saturated rings. The van der Waals surface area contributed by atoms with Gasteiger partial charge in [0.2, 0.25) is 0 Å². The minimum Gasteiger partial charge on any atom is -0.0853 e. The number of hydrogen-bond acceptors (Lipinski definition) is 0. The Morgan fingerprint density at radius 1 is 1.36 bits per heavy atom. The van der Waals surface area contributed by atoms with Gasteiger partial charge < -0.3 is 0 Å². The van der Waals surface area contributed by atoms with Crippen molar-refractivity contribution in [1.82, 2.24) is 0 Å². The predicted octanol–water partition coefficient (Wildman–Crippen LogP) is 3.24. The Kier molecular flexibility index (Phi) is 1.59. The van der Waals surface area contributed by atoms with Crippen molar-refractivity contribution in [2.45, 2.75) is 33.6 Å². The third kappa shape index (κ3) is 1.13. The summed E-state index contributed by atoms with van der Waals surface area (Å²) in [7, 11) is 0. The van der Waals surface area contributed by atoms with E-state index in [-0.39, 0.29) is 0 Å². The molecule has 2 aliphatic carbocycles. The fourth-order valence-electron chi connectivity index (χ4n) is 2.88. The van der Waals surface area contributed by atoms with Gasteiger partial charge in [-0.15, -0.1) is 0 Å². The van der Waals surface area contributed by atoms with E-state index >= 15 is 0 Å². The molecule has 0 aromatic carbocycles. The zero-order valence-corrected chi connectivity index (χ0v) is 7.80. The number of hydrogen-bond donors (Lipinski definition) is 0. The lowest BCUT2D eigenvalue weighted by Gasteiger charge is -2.05. The summed E-state index contributed by atoms with van der Waals surface area (Å²) in [6.07, 6.45) is 5.22. The summed E-state index contributed by atoms with van der Waals surface area (Å²) in [4.78, 5) is 0. The monoisotopic (exact) mass is 150 g/mol. The van der Waals surface area contributed by atoms with E-state index in [0.29, 0.717) is 0 Å². The Hall–Kier alpha value is -0.260. The molecule has 0 amide bonds. The molecular formula is C11H18. The van der Waals surface area contributed by atoms with E-state index in [0.717, 1.165) is 23.7 Å². The zero-order chi connectivity index (χ0) is 8.01. The average molecular weight is 150 g/mol. The van der Waals surface area contributed by atoms with Crippen molar-refractivity contribution in [3.63, 3.8) is 0 Å². The molecule has 11 heavy (non-hydrogen) atoms. The highest BCUT2D eigenvalue weighted by Gasteiger charge is 2.51. The van der Waals surface area contributed by atoms with Crippen LogP contribution in [-0.2, 0) is 0 Å². The first-order valence-electron chi connectivity index (χ1n) is 4.86. The summed E-state index contributed by atoms with van der Waals surface area (Å²) in [6, 6.07) is 0. The Morgan fingerprint density at radius 3 is 2.64 bits per heavy atom. The van der Waals surface area contributed by atoms with Crippen molar-refractivity contribution in [3.05, 3.63) is 11.6 Å². The van der Waals surface area contributed by atoms with Gasteiger partial charge in [-0.2, -0.15) is 0 Å². The van der Waals surface area contributed by atoms with E-state index in [9.17, 15) is 0 Å². The minimum atomic E-state index is 0.921. The van der Waals surface area contributed by atoms with Gasteiger partial charge in [0.25, 0.3) is 0 Å². The first kappa shape index (κ1) is 7.39. The average Bonchev–Trinajstić information content (AvgIpc) is 2.60. The molecule has 1 saturated carbocycles. The van der Waals surface area contributed by atoms with Crippen LogP contribution in [0.15, 0.2) is 11.6 Å². The Balaban J connectivity index is 1.99. The van der Waals surface area contributed by atoms with Crippen molar-refractivity contribution in [3.8, 4) is 0 Å². The maximum absolute atomic E-state index is 2.45. The maximum atomic E-state index is 2.45. The van der Waals surface area contributed by atoms with Gasteiger partial charge in [-0.25, -0.2) is 0 Å². The molecule has 62 valence electrons. The molecular weight excluding hydrogens is 132 g/mol. The van der Waals surface area contributed by atoms with E-state index in [1.54, 1.807) is 5.57 Å². The molecule has 0 nitrogen and oxygen atoms in total. The van der Waals surface area contributed by atoms with Crippen LogP contribution in [0.5, 0.6) is 0 Å². The van der Waals surface area contributed by atoms with Gasteiger partial charge in [0, 0.05) is 0 Å². The highest BCUT2D eigenvalue weighted by Crippen LogP contribution is 2.58. The van der Waals surface area contributed by atoms with E-state index in [1.807, 2.05) is 0 Å². The first-order chi connectivity index (χ1) is 5.20. The summed E-state index contributed by atoms with van der Waals surface area (Å²) >= 11 is 0. The van der Waals surface area contributed by atoms with Crippen LogP contribution >= 0.6 is 0 Å². The fourth-order valence-corrected chi connectivity index (χ4v) is 2.88. The molecule has 0 aromatic rings. The SMILES string of the molecule is CC1=CCC2C(C1)C2C(C)C. The highest BCUT2D eigenvalue weighted by molar-refractivity contribution is 5.15. The van der Waals surface area contributed by atoms with Gasteiger partial charge in [-0.05, 0) is 43.4 Å². The lowest BCUT2D eigenvalue weighted by Crippen LogP contribution is -1.92. The summed E-state index contributed by atoms with van der Waals surface area (Å²) in [5.41, 5.74) is 1.63. The van der Waals surface area contributed by atoms with E-state index in [2.05, 4.69) is 26.8 Å². The van der Waals surface area contributed by atoms with Gasteiger partial charge >= 0.3 is 0 Å². The van der Waals surface area contributed by atoms with E-state index in [1.165, 1.54) is 12.8 Å². The van der Waals surface area contributed by atoms with Crippen molar-refractivity contribution in [2.75, 3.05) is 0 Å². The van der Waals surface area contributed by atoms with Crippen molar-refractivity contribution >= 4 is 0 Å². The first-order valence-corrected chi connectivity index (χ1v) is 4.86. The van der Waals surface area contributed by atoms with Gasteiger partial charge in [0.05, 0.1) is 0 Å². The predicted molar refractivity (Wildman–Crippen MR) is 48.3 cm³/mol. The van der Waals surface area contributed by atoms with Crippen LogP contribution in [0.4, 0.5) is 0 Å². The van der Waals surface area contributed by atoms with Gasteiger partial charge in [0.1, 0.15) is 0 Å². The summed E-state index contributed by atoms with van der Waals surface area (Å²) in [5, 5.41) is 0. The second kappa shape index (κ2) is 2.36. The zero-order valence-electron chi connectivity index (χ0n) is 7.80. The van der Waals surface area contributed by atoms with Crippen LogP contribution in [0.3, 0.4) is 0 Å². The topological polar surface area (TPSA) is 0 Å². The fraction of sp³-hybridized carbons (Fsp3) is 0.818. The van der Waals surface area contributed by atoms with Crippen LogP contribution in [0.25, 0.3) is 0 Å². The lowest BCUT2D eigenvalue weighted by molar-refractivity contribution is 0.504. The summed E-state index contributed by atoms with van der Waals surface area (Å²) in [6.45, 7) is 7.03. The second-order valence-corrected chi connectivity index (χ2v) is 4.64. The molecule has 0 spiro atoms. The molecule has 0 aromatic heterocycles. The standard InChI is InChI=1S/C11H18/c1-7(2)11-9-5-4-8(3)6-10(9)11/h4,7,9-11H,5-6H2,1-3H3. The largest absolute Gasteiger partial charge is 0.0853 e. The smallest absolute Gasteiger partial charge is 0.0289 e. The van der Waals surface area contributed by atoms with Crippen LogP contribution < -0.4 is 0 Å². The van der Waals surface area contributed by atoms with E-state index in [4.69, 9.17) is 0 Å². The lowest BCUT2D eigenvalue weighted by atomic mass is 10.0. The molecule has 0 radical (unpaired) electrons. The number of allylic oxidation sites excluding steroid dienone is 2. The van der Waals surface area contributed by atoms with Crippen molar-refractivity contribution < 1.29 is 0 Å². The van der Waals surface area contributed by atoms with Gasteiger partial charge in [0.15, 0.2) is 0 Å². The maximum Gasteiger partial charge on any atom is -0.0289 e. The van der Waals surface area contributed by atoms with E-state index < -0.39 is 0 Å². The number of fused-ring (bicyclic) bond motifs is 1. The summed E-state index contributed by atoms with van der Waals surface area (Å²) in [5.74, 6) is 4.12. The Bertz CT molecular complexity index is 188. The van der Waals surface area contributed by atoms with Gasteiger partial charge in [-0.3, -0.25) is 0 Å². The third-order valence-corrected chi connectivity index (χ3v) is 3.46. The summed E-state index contributed by atoms with van der Waals surface area (Å²) < 4.78 is 0. The van der Waals surface area contributed by atoms with Crippen LogP contribution in [0, 0.1) is 23.7 Å². The molecule has 0 N–H and O–H groups in total. The molecule has 0 heteroatoms. The van der Waals surface area contributed by atoms with Crippen LogP contribution in [0.1, 0.15) is 33.6 Å². The molecule has 0 bridgehead atoms. The van der Waals surface area contributed by atoms with Crippen LogP contribution in [-0.4, -0.2) is 0 Å². The minimum absolute atomic E-state index is 0.921. The van der Waals surface area contributed by atoms with Crippen LogP contribution in [0.2, 0.25) is 0 Å². The number of rotatable bonds is 1. The van der Waals surface area contributed by atoms with Crippen molar-refractivity contribution in [1.29, 1.82) is 0 Å². The Labute approximate surface area is 69.7 Å². The van der Waals surface area contributed by atoms with Crippen molar-refractivity contribution in [2.24, 2.45) is 23.7 Å². The highest BCUT2D eigenvalue weighted by atomic mass is 14.6. The molecule has 3 atom stereocenters. The molecule has 2 aliphatic rings.